The molecule has 1 aliphatic carbocycles. The van der Waals surface area contributed by atoms with E-state index in [4.69, 9.17) is 4.98 Å². The van der Waals surface area contributed by atoms with E-state index in [9.17, 15) is 0 Å². The summed E-state index contributed by atoms with van der Waals surface area (Å²) in [4.78, 5) is 7.60. The summed E-state index contributed by atoms with van der Waals surface area (Å²) in [6.07, 6.45) is 5.29. The number of aromatic nitrogens is 1. The molecule has 5 atom stereocenters. The number of nitrogens with one attached hydrogen (secondary N) is 1. The molecule has 1 N–H and O–H groups in total. The summed E-state index contributed by atoms with van der Waals surface area (Å²) in [5, 5.41) is 5.11. The third-order valence-electron chi connectivity index (χ3n) is 6.77. The quantitative estimate of drug-likeness (QED) is 0.865. The van der Waals surface area contributed by atoms with E-state index in [1.54, 1.807) is 0 Å². The Morgan fingerprint density at radius 3 is 2.68 bits per heavy atom. The molecule has 4 heteroatoms. The van der Waals surface area contributed by atoms with Gasteiger partial charge in [-0.3, -0.25) is 0 Å². The van der Waals surface area contributed by atoms with E-state index < -0.39 is 0 Å². The van der Waals surface area contributed by atoms with Crippen LogP contribution in [0.15, 0.2) is 18.2 Å². The normalized spacial score (nSPS) is 36.2. The summed E-state index contributed by atoms with van der Waals surface area (Å²) in [6, 6.07) is 7.52. The van der Waals surface area contributed by atoms with Crippen molar-refractivity contribution in [1.29, 1.82) is 0 Å². The number of likely N-dealkylation sites (tertiary alicyclic amines) is 1. The second kappa shape index (κ2) is 6.33. The molecule has 0 spiro atoms. The van der Waals surface area contributed by atoms with Gasteiger partial charge in [0.2, 0.25) is 0 Å². The fraction of sp³-hybridized carbons (Fsp3) is 0.667. The van der Waals surface area contributed by atoms with Crippen LogP contribution in [0.1, 0.15) is 55.1 Å². The van der Waals surface area contributed by atoms with Gasteiger partial charge in [-0.25, -0.2) is 4.98 Å². The second-order valence-corrected chi connectivity index (χ2v) is 9.89. The molecule has 0 radical (unpaired) electrons. The summed E-state index contributed by atoms with van der Waals surface area (Å²) in [7, 11) is 2.27. The number of nitrogens with zero attached hydrogens (tertiary/aromatic N) is 2. The van der Waals surface area contributed by atoms with Gasteiger partial charge in [-0.1, -0.05) is 13.0 Å². The molecule has 5 rings (SSSR count). The van der Waals surface area contributed by atoms with E-state index in [1.165, 1.54) is 59.6 Å². The van der Waals surface area contributed by atoms with Crippen LogP contribution < -0.4 is 5.32 Å². The molecule has 0 bridgehead atoms. The zero-order valence-electron chi connectivity index (χ0n) is 15.4. The van der Waals surface area contributed by atoms with Crippen molar-refractivity contribution in [3.8, 4) is 0 Å². The Balaban J connectivity index is 1.36. The molecule has 1 aromatic carbocycles. The number of piperidine rings is 1. The Kier molecular flexibility index (Phi) is 4.11. The van der Waals surface area contributed by atoms with Gasteiger partial charge in [-0.15, -0.1) is 11.3 Å². The van der Waals surface area contributed by atoms with Crippen LogP contribution in [-0.2, 0) is 0 Å². The molecule has 3 nitrogen and oxygen atoms in total. The summed E-state index contributed by atoms with van der Waals surface area (Å²) in [5.74, 6) is 3.34. The highest BCUT2D eigenvalue weighted by Crippen LogP contribution is 2.47. The van der Waals surface area contributed by atoms with Gasteiger partial charge >= 0.3 is 0 Å². The lowest BCUT2D eigenvalue weighted by molar-refractivity contribution is 0.333. The number of benzene rings is 1. The lowest BCUT2D eigenvalue weighted by Gasteiger charge is -2.28. The van der Waals surface area contributed by atoms with Crippen molar-refractivity contribution in [2.75, 3.05) is 26.7 Å². The number of hydrogen-bond donors (Lipinski definition) is 1. The number of rotatable bonds is 2. The topological polar surface area (TPSA) is 28.2 Å². The Labute approximate surface area is 154 Å². The number of fused-ring (bicyclic) bond motifs is 2. The Morgan fingerprint density at radius 2 is 1.96 bits per heavy atom. The maximum atomic E-state index is 5.09. The first-order chi connectivity index (χ1) is 12.2. The average Bonchev–Trinajstić information content (AvgIpc) is 3.26. The molecule has 134 valence electrons. The summed E-state index contributed by atoms with van der Waals surface area (Å²) in [6.45, 7) is 6.07. The van der Waals surface area contributed by atoms with Gasteiger partial charge in [0.05, 0.1) is 15.2 Å². The number of thiazole rings is 1. The minimum absolute atomic E-state index is 0.520. The van der Waals surface area contributed by atoms with E-state index in [0.717, 1.165) is 24.3 Å². The minimum atomic E-state index is 0.520. The molecule has 2 aliphatic heterocycles. The van der Waals surface area contributed by atoms with Crippen LogP contribution in [0.3, 0.4) is 0 Å². The maximum absolute atomic E-state index is 5.09. The summed E-state index contributed by atoms with van der Waals surface area (Å²) >= 11 is 1.94. The van der Waals surface area contributed by atoms with E-state index in [-0.39, 0.29) is 0 Å². The van der Waals surface area contributed by atoms with Gasteiger partial charge in [0.1, 0.15) is 0 Å². The highest BCUT2D eigenvalue weighted by molar-refractivity contribution is 7.18. The predicted octanol–water partition coefficient (Wildman–Crippen LogP) is 4.41. The van der Waals surface area contributed by atoms with Gasteiger partial charge in [-0.05, 0) is 74.7 Å². The molecule has 3 heterocycles. The highest BCUT2D eigenvalue weighted by atomic mass is 32.1. The van der Waals surface area contributed by atoms with E-state index in [0.29, 0.717) is 12.0 Å². The molecule has 3 aliphatic rings. The molecule has 25 heavy (non-hydrogen) atoms. The summed E-state index contributed by atoms with van der Waals surface area (Å²) in [5.41, 5.74) is 2.66. The van der Waals surface area contributed by atoms with Crippen molar-refractivity contribution in [2.45, 2.75) is 44.6 Å². The van der Waals surface area contributed by atoms with Gasteiger partial charge in [0.25, 0.3) is 0 Å². The van der Waals surface area contributed by atoms with Crippen LogP contribution >= 0.6 is 11.3 Å². The molecule has 1 unspecified atom stereocenters. The SMILES string of the molecule is C[C@H]1CC[C@H](c2ccc3sc(C4C[C@@H]5CN(C)C[C@@H]5C4)nc3c2)NC1. The largest absolute Gasteiger partial charge is 0.310 e. The van der Waals surface area contributed by atoms with Gasteiger partial charge in [0, 0.05) is 25.0 Å². The van der Waals surface area contributed by atoms with Gasteiger partial charge in [0.15, 0.2) is 0 Å². The fourth-order valence-electron chi connectivity index (χ4n) is 5.37. The molecule has 1 aromatic heterocycles. The van der Waals surface area contributed by atoms with E-state index in [2.05, 4.69) is 42.4 Å². The third kappa shape index (κ3) is 3.02. The fourth-order valence-corrected chi connectivity index (χ4v) is 6.45. The standard InChI is InChI=1S/C21H29N3S/c1-13-3-5-18(22-10-13)14-4-6-20-19(9-14)23-21(25-20)15-7-16-11-24(2)12-17(16)8-15/h4,6,9,13,15-18,22H,3,5,7-8,10-12H2,1-2H3/t13-,15?,16-,17+,18+/m0/s1. The van der Waals surface area contributed by atoms with E-state index in [1.807, 2.05) is 11.3 Å². The van der Waals surface area contributed by atoms with Crippen LogP contribution in [0.25, 0.3) is 10.2 Å². The first-order valence-corrected chi connectivity index (χ1v) is 10.8. The Bertz CT molecular complexity index is 748. The zero-order valence-corrected chi connectivity index (χ0v) is 16.2. The molecule has 2 aromatic rings. The first-order valence-electron chi connectivity index (χ1n) is 9.98. The highest BCUT2D eigenvalue weighted by Gasteiger charge is 2.41. The second-order valence-electron chi connectivity index (χ2n) is 8.83. The third-order valence-corrected chi connectivity index (χ3v) is 7.97. The number of hydrogen-bond acceptors (Lipinski definition) is 4. The van der Waals surface area contributed by atoms with Crippen LogP contribution in [0, 0.1) is 17.8 Å². The lowest BCUT2D eigenvalue weighted by atomic mass is 9.92. The van der Waals surface area contributed by atoms with Crippen molar-refractivity contribution in [2.24, 2.45) is 17.8 Å². The average molecular weight is 356 g/mol. The van der Waals surface area contributed by atoms with Crippen molar-refractivity contribution in [3.63, 3.8) is 0 Å². The molecular formula is C21H29N3S. The molecule has 2 saturated heterocycles. The first kappa shape index (κ1) is 16.2. The molecular weight excluding hydrogens is 326 g/mol. The van der Waals surface area contributed by atoms with Crippen molar-refractivity contribution < 1.29 is 0 Å². The lowest BCUT2D eigenvalue weighted by Crippen LogP contribution is -2.31. The van der Waals surface area contributed by atoms with Crippen molar-refractivity contribution >= 4 is 21.6 Å². The van der Waals surface area contributed by atoms with Gasteiger partial charge < -0.3 is 10.2 Å². The van der Waals surface area contributed by atoms with Crippen molar-refractivity contribution in [1.82, 2.24) is 15.2 Å². The van der Waals surface area contributed by atoms with Crippen LogP contribution in [0.4, 0.5) is 0 Å². The molecule has 0 amide bonds. The maximum Gasteiger partial charge on any atom is 0.0969 e. The van der Waals surface area contributed by atoms with Gasteiger partial charge in [-0.2, -0.15) is 0 Å². The smallest absolute Gasteiger partial charge is 0.0969 e. The Hall–Kier alpha value is -0.970. The predicted molar refractivity (Wildman–Crippen MR) is 105 cm³/mol. The monoisotopic (exact) mass is 355 g/mol. The zero-order chi connectivity index (χ0) is 17.0. The summed E-state index contributed by atoms with van der Waals surface area (Å²) < 4.78 is 1.37. The van der Waals surface area contributed by atoms with E-state index >= 15 is 0 Å². The Morgan fingerprint density at radius 1 is 1.16 bits per heavy atom. The van der Waals surface area contributed by atoms with Crippen LogP contribution in [-0.4, -0.2) is 36.6 Å². The molecule has 1 saturated carbocycles. The molecule has 3 fully saturated rings. The van der Waals surface area contributed by atoms with Crippen LogP contribution in [0.2, 0.25) is 0 Å². The minimum Gasteiger partial charge on any atom is -0.310 e. The van der Waals surface area contributed by atoms with Crippen molar-refractivity contribution in [3.05, 3.63) is 28.8 Å². The van der Waals surface area contributed by atoms with Crippen LogP contribution in [0.5, 0.6) is 0 Å².